The number of rotatable bonds is 3. The number of nitriles is 1. The van der Waals surface area contributed by atoms with Crippen LogP contribution < -0.4 is 0 Å². The molecule has 14 heavy (non-hydrogen) atoms. The van der Waals surface area contributed by atoms with Gasteiger partial charge < -0.3 is 0 Å². The topological polar surface area (TPSA) is 27.0 Å². The van der Waals surface area contributed by atoms with Gasteiger partial charge in [-0.2, -0.15) is 5.26 Å². The molecular formula is C12H14N2. The van der Waals surface area contributed by atoms with Crippen molar-refractivity contribution in [3.8, 4) is 6.07 Å². The van der Waals surface area contributed by atoms with Crippen LogP contribution in [0.4, 0.5) is 0 Å². The smallest absolute Gasteiger partial charge is 0.0991 e. The molecule has 0 radical (unpaired) electrons. The van der Waals surface area contributed by atoms with Gasteiger partial charge in [0.25, 0.3) is 0 Å². The second-order valence-electron chi connectivity index (χ2n) is 3.96. The van der Waals surface area contributed by atoms with E-state index >= 15 is 0 Å². The van der Waals surface area contributed by atoms with Gasteiger partial charge in [0.1, 0.15) is 0 Å². The van der Waals surface area contributed by atoms with Crippen LogP contribution >= 0.6 is 0 Å². The van der Waals surface area contributed by atoms with Crippen LogP contribution in [-0.2, 0) is 6.54 Å². The second kappa shape index (κ2) is 3.81. The van der Waals surface area contributed by atoms with Crippen molar-refractivity contribution in [2.45, 2.75) is 25.4 Å². The summed E-state index contributed by atoms with van der Waals surface area (Å²) in [5, 5.41) is 8.75. The molecule has 0 unspecified atom stereocenters. The molecule has 1 saturated carbocycles. The van der Waals surface area contributed by atoms with E-state index in [0.717, 1.165) is 18.2 Å². The van der Waals surface area contributed by atoms with Gasteiger partial charge in [-0.1, -0.05) is 12.1 Å². The summed E-state index contributed by atoms with van der Waals surface area (Å²) < 4.78 is 0. The molecule has 1 aliphatic carbocycles. The lowest BCUT2D eigenvalue weighted by Crippen LogP contribution is -2.19. The average Bonchev–Trinajstić information content (AvgIpc) is 3.01. The van der Waals surface area contributed by atoms with Crippen LogP contribution in [-0.4, -0.2) is 18.0 Å². The average molecular weight is 186 g/mol. The van der Waals surface area contributed by atoms with Gasteiger partial charge in [-0.15, -0.1) is 0 Å². The molecule has 2 rings (SSSR count). The minimum absolute atomic E-state index is 0.756. The Labute approximate surface area is 84.8 Å². The van der Waals surface area contributed by atoms with Crippen molar-refractivity contribution in [3.63, 3.8) is 0 Å². The zero-order chi connectivity index (χ0) is 9.97. The summed E-state index contributed by atoms with van der Waals surface area (Å²) in [6, 6.07) is 10.8. The van der Waals surface area contributed by atoms with Gasteiger partial charge in [-0.3, -0.25) is 4.90 Å². The van der Waals surface area contributed by atoms with Gasteiger partial charge in [-0.25, -0.2) is 0 Å². The first-order valence-corrected chi connectivity index (χ1v) is 4.99. The maximum atomic E-state index is 8.75. The fourth-order valence-electron chi connectivity index (χ4n) is 1.67. The molecule has 0 aliphatic heterocycles. The Hall–Kier alpha value is -1.33. The van der Waals surface area contributed by atoms with Gasteiger partial charge in [0.2, 0.25) is 0 Å². The molecule has 0 amide bonds. The predicted molar refractivity (Wildman–Crippen MR) is 55.6 cm³/mol. The maximum Gasteiger partial charge on any atom is 0.0991 e. The summed E-state index contributed by atoms with van der Waals surface area (Å²) in [6.45, 7) is 0.959. The minimum Gasteiger partial charge on any atom is -0.299 e. The summed E-state index contributed by atoms with van der Waals surface area (Å²) in [6.07, 6.45) is 2.66. The Balaban J connectivity index is 2.04. The molecule has 0 heterocycles. The normalized spacial score (nSPS) is 15.5. The van der Waals surface area contributed by atoms with Crippen molar-refractivity contribution in [3.05, 3.63) is 35.4 Å². The second-order valence-corrected chi connectivity index (χ2v) is 3.96. The highest BCUT2D eigenvalue weighted by Gasteiger charge is 2.25. The van der Waals surface area contributed by atoms with Crippen molar-refractivity contribution in [2.75, 3.05) is 7.05 Å². The van der Waals surface area contributed by atoms with Crippen LogP contribution in [0.1, 0.15) is 24.0 Å². The summed E-state index contributed by atoms with van der Waals surface area (Å²) in [5.74, 6) is 0. The highest BCUT2D eigenvalue weighted by atomic mass is 15.1. The SMILES string of the molecule is CN(Cc1cccc(C#N)c1)C1CC1. The Morgan fingerprint density at radius 2 is 2.29 bits per heavy atom. The highest BCUT2D eigenvalue weighted by Crippen LogP contribution is 2.26. The first-order valence-electron chi connectivity index (χ1n) is 4.99. The summed E-state index contributed by atoms with van der Waals surface area (Å²) in [4.78, 5) is 2.36. The molecule has 72 valence electrons. The van der Waals surface area contributed by atoms with Crippen LogP contribution in [0, 0.1) is 11.3 Å². The Morgan fingerprint density at radius 3 is 2.93 bits per heavy atom. The number of hydrogen-bond acceptors (Lipinski definition) is 2. The molecule has 1 aromatic carbocycles. The molecule has 0 atom stereocenters. The van der Waals surface area contributed by atoms with Crippen molar-refractivity contribution in [2.24, 2.45) is 0 Å². The van der Waals surface area contributed by atoms with E-state index in [4.69, 9.17) is 5.26 Å². The third kappa shape index (κ3) is 2.12. The van der Waals surface area contributed by atoms with E-state index in [1.54, 1.807) is 0 Å². The molecule has 0 saturated heterocycles. The third-order valence-electron chi connectivity index (χ3n) is 2.66. The molecule has 0 N–H and O–H groups in total. The zero-order valence-corrected chi connectivity index (χ0v) is 8.40. The van der Waals surface area contributed by atoms with Gasteiger partial charge >= 0.3 is 0 Å². The minimum atomic E-state index is 0.756. The third-order valence-corrected chi connectivity index (χ3v) is 2.66. The Morgan fingerprint density at radius 1 is 1.50 bits per heavy atom. The number of hydrogen-bond donors (Lipinski definition) is 0. The maximum absolute atomic E-state index is 8.75. The van der Waals surface area contributed by atoms with E-state index in [1.807, 2.05) is 18.2 Å². The first-order chi connectivity index (χ1) is 6.79. The molecule has 0 spiro atoms. The Kier molecular flexibility index (Phi) is 2.51. The number of nitrogens with zero attached hydrogens (tertiary/aromatic N) is 2. The van der Waals surface area contributed by atoms with E-state index in [2.05, 4.69) is 24.1 Å². The van der Waals surface area contributed by atoms with Crippen LogP contribution in [0.3, 0.4) is 0 Å². The molecule has 2 nitrogen and oxygen atoms in total. The predicted octanol–water partition coefficient (Wildman–Crippen LogP) is 2.15. The fraction of sp³-hybridized carbons (Fsp3) is 0.417. The van der Waals surface area contributed by atoms with Crippen molar-refractivity contribution in [1.82, 2.24) is 4.90 Å². The van der Waals surface area contributed by atoms with Crippen molar-refractivity contribution in [1.29, 1.82) is 5.26 Å². The van der Waals surface area contributed by atoms with Crippen LogP contribution in [0.25, 0.3) is 0 Å². The van der Waals surface area contributed by atoms with E-state index in [-0.39, 0.29) is 0 Å². The van der Waals surface area contributed by atoms with Gasteiger partial charge in [-0.05, 0) is 37.6 Å². The lowest BCUT2D eigenvalue weighted by Gasteiger charge is -2.15. The standard InChI is InChI=1S/C12H14N2/c1-14(12-5-6-12)9-11-4-2-3-10(7-11)8-13/h2-4,7,12H,5-6,9H2,1H3. The molecule has 1 aromatic rings. The largest absolute Gasteiger partial charge is 0.299 e. The molecule has 1 fully saturated rings. The summed E-state index contributed by atoms with van der Waals surface area (Å²) >= 11 is 0. The molecule has 1 aliphatic rings. The van der Waals surface area contributed by atoms with Crippen LogP contribution in [0.2, 0.25) is 0 Å². The summed E-state index contributed by atoms with van der Waals surface area (Å²) in [5.41, 5.74) is 1.99. The quantitative estimate of drug-likeness (QED) is 0.723. The molecule has 0 aromatic heterocycles. The van der Waals surface area contributed by atoms with Crippen LogP contribution in [0.5, 0.6) is 0 Å². The summed E-state index contributed by atoms with van der Waals surface area (Å²) in [7, 11) is 2.15. The van der Waals surface area contributed by atoms with E-state index in [9.17, 15) is 0 Å². The van der Waals surface area contributed by atoms with Crippen molar-refractivity contribution < 1.29 is 0 Å². The van der Waals surface area contributed by atoms with E-state index in [0.29, 0.717) is 0 Å². The first kappa shape index (κ1) is 9.23. The monoisotopic (exact) mass is 186 g/mol. The molecule has 0 bridgehead atoms. The Bertz CT molecular complexity index is 361. The van der Waals surface area contributed by atoms with E-state index in [1.165, 1.54) is 18.4 Å². The molecule has 2 heteroatoms. The molecular weight excluding hydrogens is 172 g/mol. The lowest BCUT2D eigenvalue weighted by atomic mass is 10.1. The van der Waals surface area contributed by atoms with E-state index < -0.39 is 0 Å². The van der Waals surface area contributed by atoms with Crippen molar-refractivity contribution >= 4 is 0 Å². The van der Waals surface area contributed by atoms with Gasteiger partial charge in [0.05, 0.1) is 11.6 Å². The lowest BCUT2D eigenvalue weighted by molar-refractivity contribution is 0.316. The van der Waals surface area contributed by atoms with Gasteiger partial charge in [0.15, 0.2) is 0 Å². The number of benzene rings is 1. The zero-order valence-electron chi connectivity index (χ0n) is 8.40. The van der Waals surface area contributed by atoms with Crippen LogP contribution in [0.15, 0.2) is 24.3 Å². The highest BCUT2D eigenvalue weighted by molar-refractivity contribution is 5.32. The fourth-order valence-corrected chi connectivity index (χ4v) is 1.67. The van der Waals surface area contributed by atoms with Gasteiger partial charge in [0, 0.05) is 12.6 Å².